The molecule has 2 amide bonds. The average molecular weight is 554 g/mol. The number of amides is 2. The van der Waals surface area contributed by atoms with Crippen LogP contribution in [0, 0.1) is 0 Å². The first kappa shape index (κ1) is 23.6. The third kappa shape index (κ3) is 4.59. The minimum atomic E-state index is -4.65. The molecule has 0 spiro atoms. The van der Waals surface area contributed by atoms with Gasteiger partial charge >= 0.3 is 6.18 Å². The standard InChI is InChI=1S/C21H13BrClF3N6O2/c1-27-19(33)11-8-13-10(4-5-16(29-13)21(24,25)26)7-14(11)30-20(34)15-9-17(22)31-32(15)18-12(23)3-2-6-28-18/h2-9H,1H3,(H,27,33)(H,30,34). The van der Waals surface area contributed by atoms with Gasteiger partial charge in [0.2, 0.25) is 0 Å². The highest BCUT2D eigenvalue weighted by atomic mass is 79.9. The fraction of sp³-hybridized carbons (Fsp3) is 0.0952. The van der Waals surface area contributed by atoms with E-state index in [1.807, 2.05) is 0 Å². The second kappa shape index (κ2) is 9.03. The number of pyridine rings is 2. The number of carbonyl (C=O) groups excluding carboxylic acids is 2. The summed E-state index contributed by atoms with van der Waals surface area (Å²) in [7, 11) is 1.35. The summed E-state index contributed by atoms with van der Waals surface area (Å²) in [4.78, 5) is 33.4. The normalized spacial score (nSPS) is 11.5. The highest BCUT2D eigenvalue weighted by Gasteiger charge is 2.32. The van der Waals surface area contributed by atoms with Gasteiger partial charge in [-0.15, -0.1) is 0 Å². The molecule has 3 aromatic heterocycles. The SMILES string of the molecule is CNC(=O)c1cc2nc(C(F)(F)F)ccc2cc1NC(=O)c1cc(Br)nn1-c1ncccc1Cl. The van der Waals surface area contributed by atoms with Gasteiger partial charge in [-0.1, -0.05) is 17.7 Å². The van der Waals surface area contributed by atoms with Crippen LogP contribution in [-0.2, 0) is 6.18 Å². The Morgan fingerprint density at radius 1 is 1.12 bits per heavy atom. The Hall–Kier alpha value is -3.51. The van der Waals surface area contributed by atoms with Crippen molar-refractivity contribution in [3.05, 3.63) is 75.2 Å². The molecule has 0 saturated carbocycles. The predicted molar refractivity (Wildman–Crippen MR) is 122 cm³/mol. The molecule has 0 aliphatic heterocycles. The molecule has 13 heteroatoms. The van der Waals surface area contributed by atoms with Gasteiger partial charge < -0.3 is 10.6 Å². The van der Waals surface area contributed by atoms with Crippen LogP contribution in [0.4, 0.5) is 18.9 Å². The van der Waals surface area contributed by atoms with E-state index in [2.05, 4.69) is 41.6 Å². The van der Waals surface area contributed by atoms with Crippen LogP contribution in [0.1, 0.15) is 26.5 Å². The van der Waals surface area contributed by atoms with Gasteiger partial charge in [-0.25, -0.2) is 14.6 Å². The molecule has 0 fully saturated rings. The van der Waals surface area contributed by atoms with Crippen molar-refractivity contribution in [2.24, 2.45) is 0 Å². The number of hydrogen-bond donors (Lipinski definition) is 2. The summed E-state index contributed by atoms with van der Waals surface area (Å²) < 4.78 is 40.7. The molecule has 2 N–H and O–H groups in total. The van der Waals surface area contributed by atoms with E-state index in [0.717, 1.165) is 6.07 Å². The van der Waals surface area contributed by atoms with E-state index in [1.54, 1.807) is 12.1 Å². The van der Waals surface area contributed by atoms with E-state index in [4.69, 9.17) is 11.6 Å². The van der Waals surface area contributed by atoms with Gasteiger partial charge in [0, 0.05) is 24.7 Å². The Labute approximate surface area is 203 Å². The number of rotatable bonds is 4. The molecule has 34 heavy (non-hydrogen) atoms. The number of alkyl halides is 3. The zero-order valence-corrected chi connectivity index (χ0v) is 19.5. The topological polar surface area (TPSA) is 102 Å². The summed E-state index contributed by atoms with van der Waals surface area (Å²) in [5.41, 5.74) is -1.12. The third-order valence-corrected chi connectivity index (χ3v) is 5.37. The highest BCUT2D eigenvalue weighted by molar-refractivity contribution is 9.10. The van der Waals surface area contributed by atoms with Gasteiger partial charge in [0.05, 0.1) is 21.8 Å². The molecular weight excluding hydrogens is 541 g/mol. The van der Waals surface area contributed by atoms with Crippen LogP contribution < -0.4 is 10.6 Å². The molecule has 0 aliphatic rings. The summed E-state index contributed by atoms with van der Waals surface area (Å²) in [6, 6.07) is 9.21. The molecular formula is C21H13BrClF3N6O2. The van der Waals surface area contributed by atoms with Gasteiger partial charge in [-0.05, 0) is 46.3 Å². The number of halogens is 5. The highest BCUT2D eigenvalue weighted by Crippen LogP contribution is 2.31. The number of nitrogens with zero attached hydrogens (tertiary/aromatic N) is 4. The minimum absolute atomic E-state index is 0.0426. The maximum absolute atomic E-state index is 13.2. The van der Waals surface area contributed by atoms with Gasteiger partial charge in [0.15, 0.2) is 5.82 Å². The Morgan fingerprint density at radius 3 is 2.56 bits per heavy atom. The molecule has 8 nitrogen and oxygen atoms in total. The maximum atomic E-state index is 13.2. The molecule has 0 radical (unpaired) electrons. The zero-order chi connectivity index (χ0) is 24.6. The molecule has 0 atom stereocenters. The van der Waals surface area contributed by atoms with Gasteiger partial charge in [0.1, 0.15) is 16.0 Å². The summed E-state index contributed by atoms with van der Waals surface area (Å²) >= 11 is 9.41. The number of benzene rings is 1. The molecule has 174 valence electrons. The number of nitrogens with one attached hydrogen (secondary N) is 2. The van der Waals surface area contributed by atoms with Crippen molar-refractivity contribution < 1.29 is 22.8 Å². The second-order valence-electron chi connectivity index (χ2n) is 6.89. The lowest BCUT2D eigenvalue weighted by atomic mass is 10.1. The Bertz CT molecular complexity index is 1440. The molecule has 0 unspecified atom stereocenters. The van der Waals surface area contributed by atoms with Crippen molar-refractivity contribution in [1.82, 2.24) is 25.1 Å². The van der Waals surface area contributed by atoms with Gasteiger partial charge in [-0.3, -0.25) is 9.59 Å². The van der Waals surface area contributed by atoms with Crippen molar-refractivity contribution in [2.75, 3.05) is 12.4 Å². The molecule has 1 aromatic carbocycles. The quantitative estimate of drug-likeness (QED) is 0.376. The predicted octanol–water partition coefficient (Wildman–Crippen LogP) is 4.86. The fourth-order valence-corrected chi connectivity index (χ4v) is 3.73. The molecule has 3 heterocycles. The van der Waals surface area contributed by atoms with Crippen molar-refractivity contribution >= 4 is 55.9 Å². The number of fused-ring (bicyclic) bond motifs is 1. The van der Waals surface area contributed by atoms with Crippen molar-refractivity contribution in [3.8, 4) is 5.82 Å². The van der Waals surface area contributed by atoms with Crippen LogP contribution in [0.5, 0.6) is 0 Å². The van der Waals surface area contributed by atoms with Crippen LogP contribution in [0.3, 0.4) is 0 Å². The molecule has 4 rings (SSSR count). The van der Waals surface area contributed by atoms with E-state index in [0.29, 0.717) is 9.99 Å². The first-order valence-corrected chi connectivity index (χ1v) is 10.7. The lowest BCUT2D eigenvalue weighted by Gasteiger charge is -2.14. The average Bonchev–Trinajstić information content (AvgIpc) is 3.19. The summed E-state index contributed by atoms with van der Waals surface area (Å²) in [5.74, 6) is -1.09. The number of hydrogen-bond acceptors (Lipinski definition) is 5. The molecule has 0 bridgehead atoms. The first-order valence-electron chi connectivity index (χ1n) is 9.50. The van der Waals surface area contributed by atoms with E-state index in [9.17, 15) is 22.8 Å². The van der Waals surface area contributed by atoms with Crippen LogP contribution in [0.2, 0.25) is 5.02 Å². The van der Waals surface area contributed by atoms with Crippen molar-refractivity contribution in [3.63, 3.8) is 0 Å². The maximum Gasteiger partial charge on any atom is 0.433 e. The molecule has 0 aliphatic carbocycles. The van der Waals surface area contributed by atoms with Gasteiger partial charge in [0.25, 0.3) is 11.8 Å². The Balaban J connectivity index is 1.78. The summed E-state index contributed by atoms with van der Waals surface area (Å²) in [5, 5.41) is 9.75. The number of anilines is 1. The first-order chi connectivity index (χ1) is 16.1. The summed E-state index contributed by atoms with van der Waals surface area (Å²) in [6.07, 6.45) is -3.17. The van der Waals surface area contributed by atoms with E-state index in [1.165, 1.54) is 42.2 Å². The number of aromatic nitrogens is 4. The minimum Gasteiger partial charge on any atom is -0.355 e. The van der Waals surface area contributed by atoms with E-state index < -0.39 is 23.7 Å². The van der Waals surface area contributed by atoms with Crippen LogP contribution in [-0.4, -0.2) is 38.6 Å². The second-order valence-corrected chi connectivity index (χ2v) is 8.11. The third-order valence-electron chi connectivity index (χ3n) is 4.69. The van der Waals surface area contributed by atoms with Gasteiger partial charge in [-0.2, -0.15) is 18.3 Å². The Kier molecular flexibility index (Phi) is 6.28. The lowest BCUT2D eigenvalue weighted by molar-refractivity contribution is -0.140. The lowest BCUT2D eigenvalue weighted by Crippen LogP contribution is -2.23. The largest absolute Gasteiger partial charge is 0.433 e. The van der Waals surface area contributed by atoms with Crippen LogP contribution >= 0.6 is 27.5 Å². The number of carbonyl (C=O) groups is 2. The monoisotopic (exact) mass is 552 g/mol. The van der Waals surface area contributed by atoms with E-state index >= 15 is 0 Å². The molecule has 4 aromatic rings. The van der Waals surface area contributed by atoms with Crippen molar-refractivity contribution in [1.29, 1.82) is 0 Å². The zero-order valence-electron chi connectivity index (χ0n) is 17.1. The summed E-state index contributed by atoms with van der Waals surface area (Å²) in [6.45, 7) is 0. The Morgan fingerprint density at radius 2 is 1.88 bits per heavy atom. The fourth-order valence-electron chi connectivity index (χ4n) is 3.15. The van der Waals surface area contributed by atoms with Crippen molar-refractivity contribution in [2.45, 2.75) is 6.18 Å². The van der Waals surface area contributed by atoms with Crippen LogP contribution in [0.15, 0.2) is 53.3 Å². The van der Waals surface area contributed by atoms with E-state index in [-0.39, 0.29) is 33.3 Å². The smallest absolute Gasteiger partial charge is 0.355 e. The molecule has 0 saturated heterocycles. The van der Waals surface area contributed by atoms with Crippen LogP contribution in [0.25, 0.3) is 16.7 Å².